The molecule has 6 heteroatoms. The van der Waals surface area contributed by atoms with Crippen LogP contribution in [-0.4, -0.2) is 16.1 Å². The first kappa shape index (κ1) is 18.2. The zero-order valence-corrected chi connectivity index (χ0v) is 16.1. The second kappa shape index (κ2) is 6.91. The number of nitrogens with zero attached hydrogens (tertiary/aromatic N) is 2. The van der Waals surface area contributed by atoms with Crippen LogP contribution in [-0.2, 0) is 0 Å². The molecule has 0 fully saturated rings. The van der Waals surface area contributed by atoms with Gasteiger partial charge in [-0.15, -0.1) is 0 Å². The first-order chi connectivity index (χ1) is 14.5. The fourth-order valence-electron chi connectivity index (χ4n) is 3.94. The minimum Gasteiger partial charge on any atom is -0.295 e. The van der Waals surface area contributed by atoms with E-state index in [0.717, 1.165) is 11.1 Å². The van der Waals surface area contributed by atoms with E-state index >= 15 is 0 Å². The number of hydrogen-bond donors (Lipinski definition) is 1. The number of hydrogen-bond acceptors (Lipinski definition) is 2. The normalized spacial score (nSPS) is 15.5. The molecule has 5 rings (SSSR count). The number of rotatable bonds is 3. The Labute approximate surface area is 171 Å². The van der Waals surface area contributed by atoms with Gasteiger partial charge in [-0.2, -0.15) is 5.10 Å². The number of anilines is 1. The smallest absolute Gasteiger partial charge is 0.277 e. The van der Waals surface area contributed by atoms with Crippen LogP contribution in [0, 0.1) is 18.6 Å². The Bertz CT molecular complexity index is 1250. The van der Waals surface area contributed by atoms with E-state index in [1.165, 1.54) is 24.3 Å². The fraction of sp³-hybridized carbons (Fsp3) is 0.0833. The van der Waals surface area contributed by atoms with Crippen molar-refractivity contribution in [3.63, 3.8) is 0 Å². The molecule has 4 nitrogen and oxygen atoms in total. The molecule has 3 aromatic carbocycles. The summed E-state index contributed by atoms with van der Waals surface area (Å²) >= 11 is 0. The van der Waals surface area contributed by atoms with E-state index in [9.17, 15) is 13.6 Å². The van der Waals surface area contributed by atoms with Crippen LogP contribution < -0.4 is 4.90 Å². The lowest BCUT2D eigenvalue weighted by Crippen LogP contribution is -2.29. The van der Waals surface area contributed by atoms with Crippen molar-refractivity contribution in [3.05, 3.63) is 107 Å². The molecule has 0 spiro atoms. The quantitative estimate of drug-likeness (QED) is 0.499. The zero-order valence-electron chi connectivity index (χ0n) is 16.1. The molecule has 1 N–H and O–H groups in total. The number of nitrogens with one attached hydrogen (secondary N) is 1. The van der Waals surface area contributed by atoms with Crippen LogP contribution >= 0.6 is 0 Å². The van der Waals surface area contributed by atoms with Crippen LogP contribution in [0.3, 0.4) is 0 Å². The number of amides is 1. The number of aromatic nitrogens is 2. The number of aryl methyl sites for hydroxylation is 1. The second-order valence-electron chi connectivity index (χ2n) is 7.34. The lowest BCUT2D eigenvalue weighted by atomic mass is 9.95. The molecule has 2 heterocycles. The summed E-state index contributed by atoms with van der Waals surface area (Å²) < 4.78 is 27.6. The van der Waals surface area contributed by atoms with Crippen LogP contribution in [0.4, 0.5) is 14.5 Å². The molecule has 0 bridgehead atoms. The third-order valence-electron chi connectivity index (χ3n) is 5.36. The molecular formula is C24H17F2N3O. The predicted octanol–water partition coefficient (Wildman–Crippen LogP) is 5.41. The van der Waals surface area contributed by atoms with Gasteiger partial charge in [-0.25, -0.2) is 8.78 Å². The van der Waals surface area contributed by atoms with Gasteiger partial charge in [0, 0.05) is 16.8 Å². The summed E-state index contributed by atoms with van der Waals surface area (Å²) in [6.07, 6.45) is 0. The highest BCUT2D eigenvalue weighted by molar-refractivity contribution is 6.11. The summed E-state index contributed by atoms with van der Waals surface area (Å²) in [5.74, 6) is -1.09. The fourth-order valence-corrected chi connectivity index (χ4v) is 3.94. The number of carbonyl (C=O) groups excluding carboxylic acids is 1. The van der Waals surface area contributed by atoms with Gasteiger partial charge in [-0.1, -0.05) is 42.0 Å². The van der Waals surface area contributed by atoms with Gasteiger partial charge >= 0.3 is 0 Å². The first-order valence-corrected chi connectivity index (χ1v) is 9.53. The number of carbonyl (C=O) groups is 1. The number of fused-ring (bicyclic) bond motifs is 1. The zero-order chi connectivity index (χ0) is 20.8. The van der Waals surface area contributed by atoms with Crippen molar-refractivity contribution in [2.45, 2.75) is 13.0 Å². The lowest BCUT2D eigenvalue weighted by Gasteiger charge is -2.26. The minimum atomic E-state index is -0.594. The third-order valence-corrected chi connectivity index (χ3v) is 5.36. The van der Waals surface area contributed by atoms with Crippen molar-refractivity contribution in [2.24, 2.45) is 0 Å². The average Bonchev–Trinajstić information content (AvgIpc) is 3.28. The van der Waals surface area contributed by atoms with E-state index in [4.69, 9.17) is 0 Å². The molecule has 1 atom stereocenters. The van der Waals surface area contributed by atoms with Gasteiger partial charge in [0.15, 0.2) is 0 Å². The molecule has 0 unspecified atom stereocenters. The third kappa shape index (κ3) is 2.88. The second-order valence-corrected chi connectivity index (χ2v) is 7.34. The summed E-state index contributed by atoms with van der Waals surface area (Å²) in [6.45, 7) is 1.99. The van der Waals surface area contributed by atoms with E-state index in [1.807, 2.05) is 31.2 Å². The molecule has 0 saturated carbocycles. The molecule has 4 aromatic rings. The highest BCUT2D eigenvalue weighted by atomic mass is 19.1. The number of aromatic amines is 1. The molecule has 1 aromatic heterocycles. The Kier molecular flexibility index (Phi) is 4.20. The minimum absolute atomic E-state index is 0.295. The van der Waals surface area contributed by atoms with E-state index in [2.05, 4.69) is 10.2 Å². The molecule has 1 aliphatic rings. The maximum atomic E-state index is 14.1. The maximum Gasteiger partial charge on any atom is 0.277 e. The van der Waals surface area contributed by atoms with Crippen LogP contribution in [0.1, 0.15) is 33.2 Å². The Hall–Kier alpha value is -3.80. The van der Waals surface area contributed by atoms with Crippen molar-refractivity contribution >= 4 is 11.6 Å². The highest BCUT2D eigenvalue weighted by Gasteiger charge is 2.43. The molecule has 0 saturated heterocycles. The molecule has 0 aliphatic carbocycles. The molecule has 148 valence electrons. The van der Waals surface area contributed by atoms with Gasteiger partial charge < -0.3 is 0 Å². The lowest BCUT2D eigenvalue weighted by molar-refractivity contribution is 0.0988. The molecule has 0 radical (unpaired) electrons. The maximum absolute atomic E-state index is 14.1. The average molecular weight is 401 g/mol. The highest BCUT2D eigenvalue weighted by Crippen LogP contribution is 2.45. The molecule has 1 aliphatic heterocycles. The van der Waals surface area contributed by atoms with Gasteiger partial charge in [0.1, 0.15) is 17.3 Å². The predicted molar refractivity (Wildman–Crippen MR) is 110 cm³/mol. The monoisotopic (exact) mass is 401 g/mol. The largest absolute Gasteiger partial charge is 0.295 e. The van der Waals surface area contributed by atoms with Crippen molar-refractivity contribution < 1.29 is 13.6 Å². The summed E-state index contributed by atoms with van der Waals surface area (Å²) in [4.78, 5) is 14.9. The Balaban J connectivity index is 1.72. The summed E-state index contributed by atoms with van der Waals surface area (Å²) in [7, 11) is 0. The standard InChI is InChI=1S/C24H17F2N3O/c1-14-5-7-15(8-6-14)21-20-22(28-27-21)24(30)29(19-11-9-17(25)10-12-19)23(20)16-3-2-4-18(26)13-16/h2-13,23H,1H3,(H,27,28)/t23-/m0/s1. The number of H-pyrrole nitrogens is 1. The summed E-state index contributed by atoms with van der Waals surface area (Å²) in [6, 6.07) is 19.1. The van der Waals surface area contributed by atoms with E-state index in [1.54, 1.807) is 29.2 Å². The van der Waals surface area contributed by atoms with Crippen LogP contribution in [0.25, 0.3) is 11.3 Å². The molecular weight excluding hydrogens is 384 g/mol. The van der Waals surface area contributed by atoms with Gasteiger partial charge in [-0.3, -0.25) is 14.8 Å². The van der Waals surface area contributed by atoms with E-state index < -0.39 is 17.7 Å². The van der Waals surface area contributed by atoms with Gasteiger partial charge in [-0.05, 0) is 48.9 Å². The first-order valence-electron chi connectivity index (χ1n) is 9.53. The number of benzene rings is 3. The van der Waals surface area contributed by atoms with Gasteiger partial charge in [0.25, 0.3) is 5.91 Å². The van der Waals surface area contributed by atoms with Crippen LogP contribution in [0.2, 0.25) is 0 Å². The summed E-state index contributed by atoms with van der Waals surface area (Å²) in [5.41, 5.74) is 4.77. The van der Waals surface area contributed by atoms with Crippen molar-refractivity contribution in [3.8, 4) is 11.3 Å². The van der Waals surface area contributed by atoms with E-state index in [-0.39, 0.29) is 5.91 Å². The Morgan fingerprint density at radius 2 is 1.67 bits per heavy atom. The number of halogens is 2. The van der Waals surface area contributed by atoms with Crippen molar-refractivity contribution in [1.29, 1.82) is 0 Å². The molecule has 30 heavy (non-hydrogen) atoms. The van der Waals surface area contributed by atoms with Gasteiger partial charge in [0.05, 0.1) is 11.7 Å². The summed E-state index contributed by atoms with van der Waals surface area (Å²) in [5, 5.41) is 7.27. The van der Waals surface area contributed by atoms with E-state index in [0.29, 0.717) is 28.2 Å². The van der Waals surface area contributed by atoms with Crippen molar-refractivity contribution in [1.82, 2.24) is 10.2 Å². The van der Waals surface area contributed by atoms with Crippen molar-refractivity contribution in [2.75, 3.05) is 4.90 Å². The van der Waals surface area contributed by atoms with Crippen LogP contribution in [0.15, 0.2) is 72.8 Å². The Morgan fingerprint density at radius 3 is 2.37 bits per heavy atom. The SMILES string of the molecule is Cc1ccc(-c2n[nH]c3c2[C@H](c2cccc(F)c2)N(c2ccc(F)cc2)C3=O)cc1. The molecule has 1 amide bonds. The Morgan fingerprint density at radius 1 is 0.933 bits per heavy atom. The van der Waals surface area contributed by atoms with Gasteiger partial charge in [0.2, 0.25) is 0 Å². The topological polar surface area (TPSA) is 49.0 Å². The van der Waals surface area contributed by atoms with Crippen LogP contribution in [0.5, 0.6) is 0 Å².